The van der Waals surface area contributed by atoms with E-state index in [-0.39, 0.29) is 5.91 Å². The molecule has 7 nitrogen and oxygen atoms in total. The molecule has 7 heteroatoms. The lowest BCUT2D eigenvalue weighted by atomic mass is 10.1. The summed E-state index contributed by atoms with van der Waals surface area (Å²) in [5, 5.41) is 0. The van der Waals surface area contributed by atoms with E-state index in [1.54, 1.807) is 12.3 Å². The Bertz CT molecular complexity index is 799. The molecule has 1 aliphatic carbocycles. The number of likely N-dealkylation sites (tertiary alicyclic amines) is 1. The van der Waals surface area contributed by atoms with Crippen LogP contribution < -0.4 is 5.73 Å². The summed E-state index contributed by atoms with van der Waals surface area (Å²) in [5.74, 6) is 1.43. The maximum atomic E-state index is 13.0. The number of aromatic nitrogens is 3. The first kappa shape index (κ1) is 18.0. The second kappa shape index (κ2) is 7.68. The molecule has 0 bridgehead atoms. The minimum absolute atomic E-state index is 0.175. The first-order valence-electron chi connectivity index (χ1n) is 9.85. The molecule has 1 saturated heterocycles. The van der Waals surface area contributed by atoms with Gasteiger partial charge in [-0.05, 0) is 57.4 Å². The Kier molecular flexibility index (Phi) is 5.11. The van der Waals surface area contributed by atoms with E-state index in [1.165, 1.54) is 12.8 Å². The predicted molar refractivity (Wildman–Crippen MR) is 104 cm³/mol. The number of hydrogen-bond donors (Lipinski definition) is 1. The third-order valence-electron chi connectivity index (χ3n) is 5.66. The van der Waals surface area contributed by atoms with Crippen molar-refractivity contribution in [1.82, 2.24) is 24.3 Å². The Labute approximate surface area is 160 Å². The van der Waals surface area contributed by atoms with E-state index >= 15 is 0 Å². The van der Waals surface area contributed by atoms with Crippen LogP contribution in [0.1, 0.15) is 54.5 Å². The normalized spacial score (nSPS) is 20.7. The molecular formula is C20H28N6O. The van der Waals surface area contributed by atoms with Gasteiger partial charge >= 0.3 is 0 Å². The maximum Gasteiger partial charge on any atom is 0.270 e. The molecule has 27 heavy (non-hydrogen) atoms. The van der Waals surface area contributed by atoms with Crippen LogP contribution in [-0.2, 0) is 6.54 Å². The topological polar surface area (TPSA) is 80.3 Å². The zero-order valence-electron chi connectivity index (χ0n) is 15.9. The predicted octanol–water partition coefficient (Wildman–Crippen LogP) is 2.32. The summed E-state index contributed by atoms with van der Waals surface area (Å²) in [6.45, 7) is 2.30. The van der Waals surface area contributed by atoms with E-state index in [0.717, 1.165) is 43.9 Å². The Balaban J connectivity index is 1.37. The average molecular weight is 368 g/mol. The fourth-order valence-electron chi connectivity index (χ4n) is 3.97. The third kappa shape index (κ3) is 4.13. The van der Waals surface area contributed by atoms with Crippen molar-refractivity contribution in [2.45, 2.75) is 50.7 Å². The maximum absolute atomic E-state index is 13.0. The van der Waals surface area contributed by atoms with Crippen molar-refractivity contribution in [2.24, 2.45) is 0 Å². The van der Waals surface area contributed by atoms with Crippen LogP contribution in [0.25, 0.3) is 0 Å². The van der Waals surface area contributed by atoms with Crippen LogP contribution >= 0.6 is 0 Å². The summed E-state index contributed by atoms with van der Waals surface area (Å²) in [7, 11) is 2.10. The lowest BCUT2D eigenvalue weighted by molar-refractivity contribution is 0.0746. The van der Waals surface area contributed by atoms with Crippen molar-refractivity contribution in [3.05, 3.63) is 42.1 Å². The molecule has 0 spiro atoms. The first-order valence-corrected chi connectivity index (χ1v) is 9.85. The Morgan fingerprint density at radius 1 is 1.26 bits per heavy atom. The van der Waals surface area contributed by atoms with Gasteiger partial charge in [-0.25, -0.2) is 9.97 Å². The standard InChI is InChI=1S/C20H28N6O/c1-24(14-19-22-10-8-18(21)23-19)15-4-2-11-25(13-9-15)20(27)17-5-3-12-26(17)16-6-7-16/h3,5,8,10,12,15-16H,2,4,6-7,9,11,13-14H2,1H3,(H2,21,22,23)/t15-/m0/s1. The second-order valence-corrected chi connectivity index (χ2v) is 7.72. The van der Waals surface area contributed by atoms with E-state index in [9.17, 15) is 4.79 Å². The molecule has 2 aromatic heterocycles. The molecule has 3 heterocycles. The van der Waals surface area contributed by atoms with Crippen LogP contribution in [0.15, 0.2) is 30.6 Å². The van der Waals surface area contributed by atoms with Crippen molar-refractivity contribution in [3.63, 3.8) is 0 Å². The smallest absolute Gasteiger partial charge is 0.270 e. The van der Waals surface area contributed by atoms with E-state index in [1.807, 2.05) is 23.2 Å². The van der Waals surface area contributed by atoms with Crippen LogP contribution in [0.3, 0.4) is 0 Å². The molecule has 1 amide bonds. The lowest BCUT2D eigenvalue weighted by Crippen LogP contribution is -2.35. The Morgan fingerprint density at radius 3 is 2.89 bits per heavy atom. The number of carbonyl (C=O) groups excluding carboxylic acids is 1. The highest BCUT2D eigenvalue weighted by Gasteiger charge is 2.30. The van der Waals surface area contributed by atoms with Crippen molar-refractivity contribution < 1.29 is 4.79 Å². The van der Waals surface area contributed by atoms with Gasteiger partial charge in [-0.2, -0.15) is 0 Å². The number of carbonyl (C=O) groups is 1. The van der Waals surface area contributed by atoms with Crippen LogP contribution in [-0.4, -0.2) is 56.4 Å². The van der Waals surface area contributed by atoms with E-state index in [4.69, 9.17) is 5.73 Å². The third-order valence-corrected chi connectivity index (χ3v) is 5.66. The molecule has 2 aliphatic rings. The molecule has 1 saturated carbocycles. The fourth-order valence-corrected chi connectivity index (χ4v) is 3.97. The first-order chi connectivity index (χ1) is 13.1. The number of nitrogens with two attached hydrogens (primary N) is 1. The Hall–Kier alpha value is -2.41. The van der Waals surface area contributed by atoms with Gasteiger partial charge < -0.3 is 15.2 Å². The quantitative estimate of drug-likeness (QED) is 0.876. The van der Waals surface area contributed by atoms with Gasteiger partial charge in [0.25, 0.3) is 5.91 Å². The van der Waals surface area contributed by atoms with Gasteiger partial charge in [-0.3, -0.25) is 9.69 Å². The summed E-state index contributed by atoms with van der Waals surface area (Å²) >= 11 is 0. The summed E-state index contributed by atoms with van der Waals surface area (Å²) in [6, 6.07) is 6.61. The van der Waals surface area contributed by atoms with Gasteiger partial charge in [0, 0.05) is 37.6 Å². The fraction of sp³-hybridized carbons (Fsp3) is 0.550. The summed E-state index contributed by atoms with van der Waals surface area (Å²) in [5.41, 5.74) is 6.60. The highest BCUT2D eigenvalue weighted by atomic mass is 16.2. The van der Waals surface area contributed by atoms with Crippen LogP contribution in [0.2, 0.25) is 0 Å². The van der Waals surface area contributed by atoms with Crippen LogP contribution in [0.4, 0.5) is 5.82 Å². The molecule has 144 valence electrons. The summed E-state index contributed by atoms with van der Waals surface area (Å²) in [6.07, 6.45) is 9.18. The van der Waals surface area contributed by atoms with Gasteiger partial charge in [0.2, 0.25) is 0 Å². The van der Waals surface area contributed by atoms with Gasteiger partial charge in [0.1, 0.15) is 17.3 Å². The van der Waals surface area contributed by atoms with E-state index in [2.05, 4.69) is 26.5 Å². The highest BCUT2D eigenvalue weighted by molar-refractivity contribution is 5.92. The van der Waals surface area contributed by atoms with Crippen LogP contribution in [0.5, 0.6) is 0 Å². The number of nitrogen functional groups attached to an aromatic ring is 1. The van der Waals surface area contributed by atoms with Crippen molar-refractivity contribution in [1.29, 1.82) is 0 Å². The van der Waals surface area contributed by atoms with Gasteiger partial charge in [0.15, 0.2) is 0 Å². The largest absolute Gasteiger partial charge is 0.384 e. The van der Waals surface area contributed by atoms with Crippen molar-refractivity contribution in [2.75, 3.05) is 25.9 Å². The molecule has 2 aromatic rings. The lowest BCUT2D eigenvalue weighted by Gasteiger charge is -2.26. The number of nitrogens with zero attached hydrogens (tertiary/aromatic N) is 5. The van der Waals surface area contributed by atoms with Gasteiger partial charge in [-0.15, -0.1) is 0 Å². The molecule has 1 atom stereocenters. The minimum Gasteiger partial charge on any atom is -0.384 e. The molecule has 1 aliphatic heterocycles. The van der Waals surface area contributed by atoms with E-state index < -0.39 is 0 Å². The number of amides is 1. The minimum atomic E-state index is 0.175. The summed E-state index contributed by atoms with van der Waals surface area (Å²) in [4.78, 5) is 25.9. The molecule has 0 unspecified atom stereocenters. The van der Waals surface area contributed by atoms with E-state index in [0.29, 0.717) is 24.4 Å². The highest BCUT2D eigenvalue weighted by Crippen LogP contribution is 2.36. The van der Waals surface area contributed by atoms with Gasteiger partial charge in [0.05, 0.1) is 6.54 Å². The van der Waals surface area contributed by atoms with Crippen molar-refractivity contribution >= 4 is 11.7 Å². The second-order valence-electron chi connectivity index (χ2n) is 7.72. The monoisotopic (exact) mass is 368 g/mol. The molecule has 0 aromatic carbocycles. The zero-order valence-corrected chi connectivity index (χ0v) is 15.9. The van der Waals surface area contributed by atoms with Gasteiger partial charge in [-0.1, -0.05) is 0 Å². The van der Waals surface area contributed by atoms with Crippen LogP contribution in [0, 0.1) is 0 Å². The number of hydrogen-bond acceptors (Lipinski definition) is 5. The number of anilines is 1. The summed E-state index contributed by atoms with van der Waals surface area (Å²) < 4.78 is 2.16. The Morgan fingerprint density at radius 2 is 2.11 bits per heavy atom. The number of rotatable bonds is 5. The molecular weight excluding hydrogens is 340 g/mol. The average Bonchev–Trinajstić information content (AvgIpc) is 3.43. The molecule has 4 rings (SSSR count). The SMILES string of the molecule is CN(Cc1nccc(N)n1)[C@H]1CCCN(C(=O)c2cccn2C2CC2)CC1. The zero-order chi connectivity index (χ0) is 18.8. The molecule has 2 fully saturated rings. The molecule has 2 N–H and O–H groups in total. The molecule has 0 radical (unpaired) electrons. The van der Waals surface area contributed by atoms with Crippen molar-refractivity contribution in [3.8, 4) is 0 Å².